The van der Waals surface area contributed by atoms with Crippen LogP contribution >= 0.6 is 0 Å². The minimum atomic E-state index is -1.85. The summed E-state index contributed by atoms with van der Waals surface area (Å²) in [6, 6.07) is 39.9. The van der Waals surface area contributed by atoms with Crippen LogP contribution < -0.4 is 14.9 Å². The molecule has 0 spiro atoms. The molecule has 7 saturated carbocycles. The van der Waals surface area contributed by atoms with Crippen molar-refractivity contribution in [1.82, 2.24) is 5.43 Å². The number of aliphatic hydroxyl groups is 2. The number of hydrogen-bond acceptors (Lipinski definition) is 12. The predicted molar refractivity (Wildman–Crippen MR) is 434 cm³/mol. The van der Waals surface area contributed by atoms with E-state index >= 15 is 0 Å². The third kappa shape index (κ3) is 17.2. The van der Waals surface area contributed by atoms with Gasteiger partial charge >= 0.3 is 23.9 Å². The predicted octanol–water partition coefficient (Wildman–Crippen LogP) is 21.7. The summed E-state index contributed by atoms with van der Waals surface area (Å²) in [5, 5.41) is 26.9. The molecule has 5 aromatic carbocycles. The lowest BCUT2D eigenvalue weighted by Crippen LogP contribution is -2.51. The van der Waals surface area contributed by atoms with E-state index in [4.69, 9.17) is 18.9 Å². The van der Waals surface area contributed by atoms with Gasteiger partial charge < -0.3 is 29.2 Å². The Labute approximate surface area is 657 Å². The summed E-state index contributed by atoms with van der Waals surface area (Å²) >= 11 is 0. The summed E-state index contributed by atoms with van der Waals surface area (Å²) in [7, 11) is 0. The van der Waals surface area contributed by atoms with Crippen LogP contribution in [-0.2, 0) is 47.1 Å². The number of benzene rings is 5. The maximum absolute atomic E-state index is 13.6. The highest BCUT2D eigenvalue weighted by atomic mass is 16.6. The van der Waals surface area contributed by atoms with E-state index in [0.29, 0.717) is 101 Å². The number of aliphatic hydroxyl groups excluding tert-OH is 1. The second kappa shape index (κ2) is 35.9. The van der Waals surface area contributed by atoms with Crippen LogP contribution in [0.15, 0.2) is 144 Å². The lowest BCUT2D eigenvalue weighted by Gasteiger charge is -2.58. The summed E-state index contributed by atoms with van der Waals surface area (Å²) in [5.74, 6) is 6.05. The molecule has 0 bridgehead atoms. The molecular weight excluding hydrogens is 1370 g/mol. The highest BCUT2D eigenvalue weighted by Crippen LogP contribution is 2.67. The smallest absolute Gasteiger partial charge is 0.343 e. The Hall–Kier alpha value is -7.22. The molecule has 0 heterocycles. The number of nitrogens with one attached hydrogen (secondary N) is 1. The summed E-state index contributed by atoms with van der Waals surface area (Å²) in [6.45, 7) is 16.1. The Morgan fingerprint density at radius 3 is 1.46 bits per heavy atom. The van der Waals surface area contributed by atoms with Crippen LogP contribution in [0.25, 0.3) is 0 Å². The van der Waals surface area contributed by atoms with Gasteiger partial charge in [-0.2, -0.15) is 5.10 Å². The van der Waals surface area contributed by atoms with E-state index in [2.05, 4.69) is 89.3 Å². The van der Waals surface area contributed by atoms with Gasteiger partial charge in [0.05, 0.1) is 17.4 Å². The first kappa shape index (κ1) is 80.8. The van der Waals surface area contributed by atoms with E-state index < -0.39 is 11.5 Å². The average molecular weight is 1500 g/mol. The fourth-order valence-electron chi connectivity index (χ4n) is 23.6. The lowest BCUT2D eigenvalue weighted by molar-refractivity contribution is -0.160. The SMILES string of the molecule is CCCCCCC(=O)OC1CCC2C3CCC4=C/C(=N\NC(=O)C(O)(c5ccccc5)c5ccccc5)CC[C@]4(C)C3CC[C@]12C.CCCCCCC(=O)Oc1ccc2c(c1)CC[C@@H]1[C@@H]2CC[C@]2(C)[C@@H](OC(=O)CCCCCC)CC[C@@H]12.C[C@]12CCC3c4ccc(OC(=O)c5ccccc5)cc4CCC3C1CC[C@@H]2O. The maximum atomic E-state index is 13.6. The number of rotatable bonds is 24. The van der Waals surface area contributed by atoms with Crippen LogP contribution in [0.4, 0.5) is 0 Å². The molecule has 10 aliphatic carbocycles. The first-order valence-electron chi connectivity index (χ1n) is 43.4. The molecule has 7 unspecified atom stereocenters. The number of nitrogens with zero attached hydrogens (tertiary/aromatic N) is 1. The van der Waals surface area contributed by atoms with Crippen LogP contribution in [0.3, 0.4) is 0 Å². The Morgan fingerprint density at radius 2 is 0.927 bits per heavy atom. The van der Waals surface area contributed by atoms with Crippen LogP contribution in [0, 0.1) is 63.1 Å². The van der Waals surface area contributed by atoms with Crippen molar-refractivity contribution in [3.8, 4) is 11.5 Å². The van der Waals surface area contributed by atoms with E-state index in [9.17, 15) is 34.2 Å². The third-order valence-corrected chi connectivity index (χ3v) is 29.9. The fraction of sp³-hybridized carbons (Fsp3) is 0.608. The van der Waals surface area contributed by atoms with Crippen molar-refractivity contribution >= 4 is 35.5 Å². The van der Waals surface area contributed by atoms with Crippen LogP contribution in [0.2, 0.25) is 0 Å². The Bertz CT molecular complexity index is 4000. The quantitative estimate of drug-likeness (QED) is 0.0231. The van der Waals surface area contributed by atoms with E-state index in [1.54, 1.807) is 36.4 Å². The molecule has 10 aliphatic rings. The molecular formula is C97H128N2O11. The van der Waals surface area contributed by atoms with Gasteiger partial charge in [0.1, 0.15) is 23.7 Å². The molecule has 13 heteroatoms. The summed E-state index contributed by atoms with van der Waals surface area (Å²) < 4.78 is 23.6. The normalized spacial score (nSPS) is 31.0. The number of hydrazone groups is 1. The zero-order valence-corrected chi connectivity index (χ0v) is 67.4. The number of esters is 4. The average Bonchev–Trinajstić information content (AvgIpc) is 1.43. The molecule has 0 saturated heterocycles. The molecule has 0 aliphatic heterocycles. The van der Waals surface area contributed by atoms with E-state index in [0.717, 1.165) is 141 Å². The molecule has 3 N–H and O–H groups in total. The topological polar surface area (TPSA) is 187 Å². The summed E-state index contributed by atoms with van der Waals surface area (Å²) in [5.41, 5.74) is 10.8. The highest BCUT2D eigenvalue weighted by molar-refractivity contribution is 5.98. The van der Waals surface area contributed by atoms with Crippen LogP contribution in [0.5, 0.6) is 11.5 Å². The van der Waals surface area contributed by atoms with Gasteiger partial charge in [-0.3, -0.25) is 19.2 Å². The van der Waals surface area contributed by atoms with Gasteiger partial charge in [-0.15, -0.1) is 0 Å². The van der Waals surface area contributed by atoms with E-state index in [-0.39, 0.29) is 63.8 Å². The van der Waals surface area contributed by atoms with Gasteiger partial charge in [0.15, 0.2) is 5.60 Å². The molecule has 5 aromatic rings. The standard InChI is InChI=1S/C40H52N2O4.C32H48O4.C25H28O3/c1-4-5-6-13-18-36(43)46-35-22-21-33-32-20-19-30-27-31(23-25-38(30,2)34(32)24-26-39(33,35)3)41-42-37(44)40(45,28-14-9-7-10-15-28)29-16-11-8-12-17-29;1-4-6-8-10-12-30(33)35-24-15-17-25-23(22-24)14-16-27-26(25)20-21-32(3)28(27)18-19-29(32)36-31(34)13-11-9-7-5-2;1-25-14-13-20-19-10-8-18(28-24(27)16-5-3-2-4-6-16)15-17(19)7-9-21(20)22(25)11-12-23(25)26/h7-12,14-17,27,32-35,45H,4-6,13,18-26H2,1-3H3,(H,42,44);15,17,22,26-29H,4-14,16,18-21H2,1-3H3;2-6,8,10,15,20-23,26H,7,9,11-14H2,1H3/b41-31-;;/t32?,33?,34?,35?,38-,39-;26-,27-,28+,29+,32+;20?,21?,22?,23-,25-/m010/s1. The van der Waals surface area contributed by atoms with Gasteiger partial charge in [0.25, 0.3) is 5.91 Å². The number of fused-ring (bicyclic) bond motifs is 15. The number of hydrogen-bond donors (Lipinski definition) is 3. The zero-order valence-electron chi connectivity index (χ0n) is 67.4. The molecule has 16 atom stereocenters. The number of ether oxygens (including phenoxy) is 4. The molecule has 592 valence electrons. The second-order valence-electron chi connectivity index (χ2n) is 36.0. The Morgan fingerprint density at radius 1 is 0.464 bits per heavy atom. The van der Waals surface area contributed by atoms with Crippen LogP contribution in [0.1, 0.15) is 316 Å². The van der Waals surface area contributed by atoms with Gasteiger partial charge in [-0.1, -0.05) is 203 Å². The number of allylic oxidation sites excluding steroid dienone is 2. The lowest BCUT2D eigenvalue weighted by atomic mass is 9.47. The highest BCUT2D eigenvalue weighted by Gasteiger charge is 2.61. The zero-order chi connectivity index (χ0) is 77.2. The van der Waals surface area contributed by atoms with Crippen molar-refractivity contribution in [3.63, 3.8) is 0 Å². The molecule has 7 fully saturated rings. The van der Waals surface area contributed by atoms with Crippen molar-refractivity contribution in [1.29, 1.82) is 0 Å². The molecule has 1 amide bonds. The molecule has 0 radical (unpaired) electrons. The maximum Gasteiger partial charge on any atom is 0.343 e. The van der Waals surface area contributed by atoms with Crippen molar-refractivity contribution < 1.29 is 53.1 Å². The van der Waals surface area contributed by atoms with E-state index in [1.165, 1.54) is 98.5 Å². The number of amides is 1. The number of carbonyl (C=O) groups is 5. The summed E-state index contributed by atoms with van der Waals surface area (Å²) in [6.07, 6.45) is 38.9. The third-order valence-electron chi connectivity index (χ3n) is 29.9. The Balaban J connectivity index is 0.000000149. The molecule has 13 nitrogen and oxygen atoms in total. The first-order valence-corrected chi connectivity index (χ1v) is 43.4. The van der Waals surface area contributed by atoms with Crippen molar-refractivity contribution in [3.05, 3.63) is 178 Å². The van der Waals surface area contributed by atoms with Crippen molar-refractivity contribution in [2.24, 2.45) is 68.2 Å². The first-order chi connectivity index (χ1) is 53.2. The summed E-state index contributed by atoms with van der Waals surface area (Å²) in [4.78, 5) is 63.6. The Kier molecular flexibility index (Phi) is 26.3. The minimum Gasteiger partial charge on any atom is -0.462 e. The molecule has 15 rings (SSSR count). The molecule has 110 heavy (non-hydrogen) atoms. The van der Waals surface area contributed by atoms with Gasteiger partial charge in [0, 0.05) is 30.1 Å². The van der Waals surface area contributed by atoms with Gasteiger partial charge in [0.2, 0.25) is 0 Å². The minimum absolute atomic E-state index is 0.00286. The van der Waals surface area contributed by atoms with Gasteiger partial charge in [-0.25, -0.2) is 10.2 Å². The van der Waals surface area contributed by atoms with Gasteiger partial charge in [-0.05, 0) is 288 Å². The fourth-order valence-corrected chi connectivity index (χ4v) is 23.6. The monoisotopic (exact) mass is 1500 g/mol. The number of carbonyl (C=O) groups excluding carboxylic acids is 5. The number of unbranched alkanes of at least 4 members (excludes halogenated alkanes) is 9. The largest absolute Gasteiger partial charge is 0.462 e. The van der Waals surface area contributed by atoms with E-state index in [1.807, 2.05) is 66.7 Å². The van der Waals surface area contributed by atoms with Crippen LogP contribution in [-0.4, -0.2) is 64.0 Å². The molecule has 0 aromatic heterocycles. The van der Waals surface area contributed by atoms with Crippen molar-refractivity contribution in [2.45, 2.75) is 309 Å². The second-order valence-corrected chi connectivity index (χ2v) is 36.0. The van der Waals surface area contributed by atoms with Crippen molar-refractivity contribution in [2.75, 3.05) is 0 Å². The number of aryl methyl sites for hydroxylation is 2.